The number of thiophene rings is 1. The Morgan fingerprint density at radius 2 is 2.23 bits per heavy atom. The van der Waals surface area contributed by atoms with E-state index in [2.05, 4.69) is 31.6 Å². The van der Waals surface area contributed by atoms with Gasteiger partial charge in [-0.25, -0.2) is 5.43 Å². The minimum Gasteiger partial charge on any atom is -0.268 e. The molecule has 0 aliphatic rings. The predicted octanol–water partition coefficient (Wildman–Crippen LogP) is 3.43. The summed E-state index contributed by atoms with van der Waals surface area (Å²) in [5.41, 5.74) is 3.63. The highest BCUT2D eigenvalue weighted by Gasteiger charge is 2.10. The first-order chi connectivity index (χ1) is 12.5. The molecule has 1 N–H and O–H groups in total. The summed E-state index contributed by atoms with van der Waals surface area (Å²) in [6, 6.07) is 12.4. The molecule has 0 aliphatic carbocycles. The number of halogens is 1. The van der Waals surface area contributed by atoms with Crippen LogP contribution in [-0.4, -0.2) is 26.8 Å². The molecule has 0 saturated carbocycles. The number of rotatable bonds is 6. The number of nitrogens with one attached hydrogen (secondary N) is 1. The average Bonchev–Trinajstić information content (AvgIpc) is 3.24. The van der Waals surface area contributed by atoms with Crippen LogP contribution in [-0.2, 0) is 6.54 Å². The van der Waals surface area contributed by atoms with Crippen molar-refractivity contribution in [2.75, 3.05) is 0 Å². The molecule has 0 atom stereocenters. The van der Waals surface area contributed by atoms with Crippen molar-refractivity contribution in [1.29, 1.82) is 0 Å². The van der Waals surface area contributed by atoms with Gasteiger partial charge < -0.3 is 0 Å². The first kappa shape index (κ1) is 18.0. The van der Waals surface area contributed by atoms with Crippen molar-refractivity contribution in [1.82, 2.24) is 15.2 Å². The van der Waals surface area contributed by atoms with Gasteiger partial charge in [-0.05, 0) is 29.8 Å². The molecule has 132 valence electrons. The smallest absolute Gasteiger partial charge is 0.268 e. The molecule has 8 nitrogen and oxygen atoms in total. The van der Waals surface area contributed by atoms with Gasteiger partial charge in [-0.15, -0.1) is 0 Å². The summed E-state index contributed by atoms with van der Waals surface area (Å²) in [5.74, 6) is -0.458. The van der Waals surface area contributed by atoms with E-state index in [1.165, 1.54) is 12.3 Å². The Kier molecular flexibility index (Phi) is 5.54. The summed E-state index contributed by atoms with van der Waals surface area (Å²) >= 11 is 4.39. The van der Waals surface area contributed by atoms with Gasteiger partial charge in [-0.2, -0.15) is 10.2 Å². The third-order valence-corrected chi connectivity index (χ3v) is 4.72. The van der Waals surface area contributed by atoms with Gasteiger partial charge in [0.25, 0.3) is 5.91 Å². The van der Waals surface area contributed by atoms with Crippen molar-refractivity contribution in [3.8, 4) is 0 Å². The molecule has 0 spiro atoms. The maximum Gasteiger partial charge on any atom is 0.324 e. The molecule has 26 heavy (non-hydrogen) atoms. The van der Waals surface area contributed by atoms with Crippen LogP contribution in [0.5, 0.6) is 0 Å². The number of nitrogens with zero attached hydrogens (tertiary/aromatic N) is 4. The molecule has 0 saturated heterocycles. The number of carbonyl (C=O) groups excluding carboxylic acids is 1. The van der Waals surface area contributed by atoms with Crippen LogP contribution in [0.2, 0.25) is 0 Å². The fourth-order valence-electron chi connectivity index (χ4n) is 2.11. The van der Waals surface area contributed by atoms with Gasteiger partial charge in [0.2, 0.25) is 0 Å². The van der Waals surface area contributed by atoms with Gasteiger partial charge in [0.1, 0.15) is 0 Å². The standard InChI is InChI=1S/C16H12BrN5O3S/c17-12-3-1-2-11(8-12)10-21-7-6-14(20-21)16(23)19-18-9-13-4-5-15(26-13)22(24)25/h1-9H,10H2,(H,19,23)/b18-9-. The van der Waals surface area contributed by atoms with Gasteiger partial charge in [0, 0.05) is 16.7 Å². The summed E-state index contributed by atoms with van der Waals surface area (Å²) in [5, 5.41) is 18.7. The number of nitro groups is 1. The lowest BCUT2D eigenvalue weighted by molar-refractivity contribution is -0.380. The van der Waals surface area contributed by atoms with Crippen LogP contribution in [0.4, 0.5) is 5.00 Å². The Balaban J connectivity index is 1.59. The molecular weight excluding hydrogens is 422 g/mol. The molecule has 1 aromatic carbocycles. The van der Waals surface area contributed by atoms with Crippen molar-refractivity contribution in [2.45, 2.75) is 6.54 Å². The maximum absolute atomic E-state index is 12.1. The van der Waals surface area contributed by atoms with Crippen LogP contribution in [0.25, 0.3) is 0 Å². The van der Waals surface area contributed by atoms with Crippen LogP contribution in [0.15, 0.2) is 58.2 Å². The SMILES string of the molecule is O=C(N/N=C\c1ccc([N+](=O)[O-])s1)c1ccn(Cc2cccc(Br)c2)n1. The number of hydrazone groups is 1. The molecule has 10 heteroatoms. The van der Waals surface area contributed by atoms with E-state index in [9.17, 15) is 14.9 Å². The lowest BCUT2D eigenvalue weighted by atomic mass is 10.2. The first-order valence-electron chi connectivity index (χ1n) is 7.37. The molecule has 0 aliphatic heterocycles. The molecule has 2 heterocycles. The molecule has 0 radical (unpaired) electrons. The quantitative estimate of drug-likeness (QED) is 0.365. The average molecular weight is 434 g/mol. The van der Waals surface area contributed by atoms with Crippen molar-refractivity contribution >= 4 is 44.4 Å². The van der Waals surface area contributed by atoms with Crippen LogP contribution in [0.1, 0.15) is 20.9 Å². The summed E-state index contributed by atoms with van der Waals surface area (Å²) in [6.07, 6.45) is 3.07. The minimum absolute atomic E-state index is 0.0177. The Bertz CT molecular complexity index is 982. The summed E-state index contributed by atoms with van der Waals surface area (Å²) in [4.78, 5) is 22.8. The van der Waals surface area contributed by atoms with E-state index in [0.717, 1.165) is 21.4 Å². The monoisotopic (exact) mass is 433 g/mol. The second-order valence-corrected chi connectivity index (χ2v) is 7.17. The van der Waals surface area contributed by atoms with Crippen molar-refractivity contribution < 1.29 is 9.72 Å². The number of hydrogen-bond donors (Lipinski definition) is 1. The van der Waals surface area contributed by atoms with E-state index in [4.69, 9.17) is 0 Å². The summed E-state index contributed by atoms with van der Waals surface area (Å²) < 4.78 is 2.63. The Morgan fingerprint density at radius 1 is 1.38 bits per heavy atom. The van der Waals surface area contributed by atoms with Gasteiger partial charge in [0.15, 0.2) is 5.69 Å². The Morgan fingerprint density at radius 3 is 2.96 bits per heavy atom. The lowest BCUT2D eigenvalue weighted by Crippen LogP contribution is -2.18. The Labute approximate surface area is 160 Å². The fourth-order valence-corrected chi connectivity index (χ4v) is 3.25. The zero-order chi connectivity index (χ0) is 18.5. The van der Waals surface area contributed by atoms with Gasteiger partial charge >= 0.3 is 5.00 Å². The lowest BCUT2D eigenvalue weighted by Gasteiger charge is -2.02. The molecular formula is C16H12BrN5O3S. The van der Waals surface area contributed by atoms with Gasteiger partial charge in [-0.1, -0.05) is 39.4 Å². The van der Waals surface area contributed by atoms with Crippen LogP contribution >= 0.6 is 27.3 Å². The zero-order valence-electron chi connectivity index (χ0n) is 13.2. The molecule has 3 rings (SSSR count). The van der Waals surface area contributed by atoms with E-state index in [1.54, 1.807) is 23.0 Å². The molecule has 3 aromatic rings. The largest absolute Gasteiger partial charge is 0.324 e. The third kappa shape index (κ3) is 4.61. The van der Waals surface area contributed by atoms with E-state index >= 15 is 0 Å². The first-order valence-corrected chi connectivity index (χ1v) is 8.98. The van der Waals surface area contributed by atoms with Crippen molar-refractivity contribution in [2.24, 2.45) is 5.10 Å². The van der Waals surface area contributed by atoms with E-state index in [1.807, 2.05) is 24.3 Å². The molecule has 0 fully saturated rings. The molecule has 1 amide bonds. The topological polar surface area (TPSA) is 102 Å². The third-order valence-electron chi connectivity index (χ3n) is 3.26. The van der Waals surface area contributed by atoms with Crippen LogP contribution in [0, 0.1) is 10.1 Å². The van der Waals surface area contributed by atoms with Crippen LogP contribution in [0.3, 0.4) is 0 Å². The summed E-state index contributed by atoms with van der Waals surface area (Å²) in [7, 11) is 0. The normalized spacial score (nSPS) is 11.0. The van der Waals surface area contributed by atoms with E-state index < -0.39 is 10.8 Å². The number of aromatic nitrogens is 2. The highest BCUT2D eigenvalue weighted by molar-refractivity contribution is 9.10. The van der Waals surface area contributed by atoms with Gasteiger partial charge in [-0.3, -0.25) is 19.6 Å². The number of amides is 1. The van der Waals surface area contributed by atoms with Crippen molar-refractivity contribution in [3.63, 3.8) is 0 Å². The van der Waals surface area contributed by atoms with Crippen molar-refractivity contribution in [3.05, 3.63) is 79.4 Å². The van der Waals surface area contributed by atoms with Crippen LogP contribution < -0.4 is 5.43 Å². The second-order valence-electron chi connectivity index (χ2n) is 5.16. The van der Waals surface area contributed by atoms with E-state index in [0.29, 0.717) is 11.4 Å². The number of carbonyl (C=O) groups is 1. The molecule has 2 aromatic heterocycles. The molecule has 0 bridgehead atoms. The summed E-state index contributed by atoms with van der Waals surface area (Å²) in [6.45, 7) is 0.537. The van der Waals surface area contributed by atoms with E-state index in [-0.39, 0.29) is 10.7 Å². The maximum atomic E-state index is 12.1. The zero-order valence-corrected chi connectivity index (χ0v) is 15.6. The second kappa shape index (κ2) is 8.02. The highest BCUT2D eigenvalue weighted by Crippen LogP contribution is 2.22. The molecule has 0 unspecified atom stereocenters. The number of benzene rings is 1. The number of hydrogen-bond acceptors (Lipinski definition) is 6. The Hall–Kier alpha value is -2.85. The fraction of sp³-hybridized carbons (Fsp3) is 0.0625. The highest BCUT2D eigenvalue weighted by atomic mass is 79.9. The minimum atomic E-state index is -0.474. The predicted molar refractivity (Wildman–Crippen MR) is 102 cm³/mol. The van der Waals surface area contributed by atoms with Gasteiger partial charge in [0.05, 0.1) is 22.6 Å².